The number of carbonyl (C=O) groups is 2. The molecule has 214 valence electrons. The fraction of sp³-hybridized carbons (Fsp3) is 0.385. The number of aromatic nitrogens is 3. The molecule has 2 heterocycles. The van der Waals surface area contributed by atoms with Gasteiger partial charge in [0.25, 0.3) is 0 Å². The van der Waals surface area contributed by atoms with Gasteiger partial charge in [-0.15, -0.1) is 10.2 Å². The van der Waals surface area contributed by atoms with Crippen LogP contribution in [-0.2, 0) is 41.6 Å². The number of hydrogen-bond donors (Lipinski definition) is 2. The molecule has 0 radical (unpaired) electrons. The third kappa shape index (κ3) is 7.17. The SMILES string of the molecule is [2H]C1([2H])N(C(=O)C[C@@H](Cc2ccccc2)NC(=O)C[C@H](N)Cc2cc(F)c(F)cc2F)Cc2nnc(C(F)(F)F)n2C1([2H])[2H]. The first kappa shape index (κ1) is 23.9. The summed E-state index contributed by atoms with van der Waals surface area (Å²) in [5.74, 6) is -7.90. The number of rotatable bonds is 9. The Labute approximate surface area is 230 Å². The van der Waals surface area contributed by atoms with Gasteiger partial charge in [-0.3, -0.25) is 9.59 Å². The normalized spacial score (nSPS) is 18.9. The van der Waals surface area contributed by atoms with Crippen LogP contribution in [0.2, 0.25) is 0 Å². The summed E-state index contributed by atoms with van der Waals surface area (Å²) in [6, 6.07) is 7.35. The molecular formula is C26H26F6N6O2. The number of nitrogens with zero attached hydrogens (tertiary/aromatic N) is 4. The van der Waals surface area contributed by atoms with E-state index in [0.29, 0.717) is 22.6 Å². The van der Waals surface area contributed by atoms with Crippen LogP contribution in [0, 0.1) is 17.5 Å². The zero-order valence-electron chi connectivity index (χ0n) is 24.7. The predicted octanol–water partition coefficient (Wildman–Crippen LogP) is 3.13. The van der Waals surface area contributed by atoms with Crippen molar-refractivity contribution in [2.45, 2.75) is 57.0 Å². The number of halogens is 6. The average Bonchev–Trinajstić information content (AvgIpc) is 3.36. The molecule has 4 rings (SSSR count). The Bertz CT molecular complexity index is 1540. The van der Waals surface area contributed by atoms with E-state index in [2.05, 4.69) is 15.5 Å². The molecule has 1 aliphatic heterocycles. The summed E-state index contributed by atoms with van der Waals surface area (Å²) in [6.07, 6.45) is -6.49. The lowest BCUT2D eigenvalue weighted by Crippen LogP contribution is -2.45. The van der Waals surface area contributed by atoms with E-state index in [4.69, 9.17) is 11.2 Å². The molecular weight excluding hydrogens is 542 g/mol. The van der Waals surface area contributed by atoms with Crippen molar-refractivity contribution >= 4 is 11.8 Å². The first-order valence-corrected chi connectivity index (χ1v) is 12.0. The third-order valence-electron chi connectivity index (χ3n) is 6.01. The van der Waals surface area contributed by atoms with Crippen LogP contribution in [0.3, 0.4) is 0 Å². The number of hydrogen-bond acceptors (Lipinski definition) is 5. The fourth-order valence-corrected chi connectivity index (χ4v) is 4.16. The van der Waals surface area contributed by atoms with Gasteiger partial charge >= 0.3 is 6.18 Å². The van der Waals surface area contributed by atoms with E-state index in [1.54, 1.807) is 30.3 Å². The quantitative estimate of drug-likeness (QED) is 0.303. The van der Waals surface area contributed by atoms with Crippen molar-refractivity contribution in [3.8, 4) is 0 Å². The molecule has 0 fully saturated rings. The number of amides is 2. The van der Waals surface area contributed by atoms with Crippen molar-refractivity contribution in [2.24, 2.45) is 5.73 Å². The third-order valence-corrected chi connectivity index (χ3v) is 6.01. The second-order valence-electron chi connectivity index (χ2n) is 9.16. The van der Waals surface area contributed by atoms with Crippen molar-refractivity contribution in [3.63, 3.8) is 0 Å². The van der Waals surface area contributed by atoms with E-state index in [1.807, 2.05) is 0 Å². The van der Waals surface area contributed by atoms with Crippen LogP contribution in [0.5, 0.6) is 0 Å². The van der Waals surface area contributed by atoms with Crippen molar-refractivity contribution in [2.75, 3.05) is 6.50 Å². The Morgan fingerprint density at radius 1 is 1.00 bits per heavy atom. The van der Waals surface area contributed by atoms with Gasteiger partial charge in [0, 0.05) is 44.0 Å². The molecule has 3 N–H and O–H groups in total. The Balaban J connectivity index is 1.52. The summed E-state index contributed by atoms with van der Waals surface area (Å²) < 4.78 is 114. The molecule has 0 unspecified atom stereocenters. The molecule has 14 heteroatoms. The lowest BCUT2D eigenvalue weighted by molar-refractivity contribution is -0.148. The van der Waals surface area contributed by atoms with E-state index in [1.165, 1.54) is 0 Å². The highest BCUT2D eigenvalue weighted by Crippen LogP contribution is 2.29. The highest BCUT2D eigenvalue weighted by molar-refractivity contribution is 5.80. The first-order chi connectivity index (χ1) is 20.4. The molecule has 0 spiro atoms. The standard InChI is InChI=1S/C26H26F6N6O2/c27-19-13-21(29)20(28)10-16(19)9-17(33)11-23(39)34-18(8-15-4-2-1-3-5-15)12-24(40)37-6-7-38-22(14-37)35-36-25(38)26(30,31)32/h1-5,10,13,17-18H,6-9,11-12,14,33H2,(H,34,39)/t17-,18-/m1/s1/i6D2,7D2. The van der Waals surface area contributed by atoms with Gasteiger partial charge in [0.15, 0.2) is 17.5 Å². The first-order valence-electron chi connectivity index (χ1n) is 14.0. The Morgan fingerprint density at radius 2 is 1.70 bits per heavy atom. The van der Waals surface area contributed by atoms with Gasteiger partial charge in [-0.05, 0) is 30.0 Å². The highest BCUT2D eigenvalue weighted by Gasteiger charge is 2.40. The number of alkyl halides is 3. The molecule has 3 aromatic rings. The number of fused-ring (bicyclic) bond motifs is 1. The minimum absolute atomic E-state index is 0.0166. The average molecular weight is 573 g/mol. The van der Waals surface area contributed by atoms with Crippen LogP contribution < -0.4 is 11.1 Å². The van der Waals surface area contributed by atoms with Crippen LogP contribution >= 0.6 is 0 Å². The molecule has 1 aromatic heterocycles. The van der Waals surface area contributed by atoms with Gasteiger partial charge in [-0.25, -0.2) is 13.2 Å². The van der Waals surface area contributed by atoms with E-state index in [-0.39, 0.29) is 23.0 Å². The summed E-state index contributed by atoms with van der Waals surface area (Å²) in [4.78, 5) is 26.7. The van der Waals surface area contributed by atoms with Crippen LogP contribution in [0.15, 0.2) is 42.5 Å². The van der Waals surface area contributed by atoms with Crippen LogP contribution in [-0.4, -0.2) is 50.1 Å². The Hall–Kier alpha value is -3.94. The molecule has 2 atom stereocenters. The van der Waals surface area contributed by atoms with Crippen LogP contribution in [0.1, 0.15) is 41.1 Å². The topological polar surface area (TPSA) is 106 Å². The number of nitrogens with one attached hydrogen (secondary N) is 1. The predicted molar refractivity (Wildman–Crippen MR) is 130 cm³/mol. The zero-order chi connectivity index (χ0) is 32.6. The van der Waals surface area contributed by atoms with Gasteiger partial charge in [0.1, 0.15) is 5.82 Å². The molecule has 0 aliphatic carbocycles. The maximum atomic E-state index is 14.0. The van der Waals surface area contributed by atoms with E-state index >= 15 is 0 Å². The fourth-order valence-electron chi connectivity index (χ4n) is 4.16. The van der Waals surface area contributed by atoms with Crippen molar-refractivity contribution in [1.82, 2.24) is 25.0 Å². The summed E-state index contributed by atoms with van der Waals surface area (Å²) in [6.45, 7) is -7.56. The minimum Gasteiger partial charge on any atom is -0.352 e. The highest BCUT2D eigenvalue weighted by atomic mass is 19.4. The molecule has 2 aromatic carbocycles. The van der Waals surface area contributed by atoms with Crippen LogP contribution in [0.4, 0.5) is 26.3 Å². The largest absolute Gasteiger partial charge is 0.451 e. The lowest BCUT2D eigenvalue weighted by Gasteiger charge is -2.30. The van der Waals surface area contributed by atoms with Crippen LogP contribution in [0.25, 0.3) is 0 Å². The lowest BCUT2D eigenvalue weighted by atomic mass is 10.0. The maximum absolute atomic E-state index is 14.0. The second kappa shape index (κ2) is 12.1. The molecule has 40 heavy (non-hydrogen) atoms. The number of benzene rings is 2. The Morgan fingerprint density at radius 3 is 2.40 bits per heavy atom. The van der Waals surface area contributed by atoms with Crippen molar-refractivity contribution in [3.05, 3.63) is 82.7 Å². The molecule has 0 bridgehead atoms. The smallest absolute Gasteiger partial charge is 0.352 e. The second-order valence-corrected chi connectivity index (χ2v) is 9.16. The van der Waals surface area contributed by atoms with Gasteiger partial charge in [0.2, 0.25) is 17.6 Å². The monoisotopic (exact) mass is 572 g/mol. The van der Waals surface area contributed by atoms with E-state index in [0.717, 1.165) is 0 Å². The van der Waals surface area contributed by atoms with Gasteiger partial charge in [0.05, 0.1) is 12.0 Å². The van der Waals surface area contributed by atoms with E-state index < -0.39 is 91.6 Å². The van der Waals surface area contributed by atoms with Gasteiger partial charge in [-0.2, -0.15) is 13.2 Å². The molecule has 1 aliphatic rings. The van der Waals surface area contributed by atoms with Crippen molar-refractivity contribution in [1.29, 1.82) is 0 Å². The minimum atomic E-state index is -5.15. The summed E-state index contributed by atoms with van der Waals surface area (Å²) >= 11 is 0. The molecule has 8 nitrogen and oxygen atoms in total. The van der Waals surface area contributed by atoms with E-state index in [9.17, 15) is 35.9 Å². The number of nitrogens with two attached hydrogens (primary N) is 1. The Kier molecular flexibility index (Phi) is 7.21. The van der Waals surface area contributed by atoms with Gasteiger partial charge < -0.3 is 20.5 Å². The summed E-state index contributed by atoms with van der Waals surface area (Å²) in [7, 11) is 0. The maximum Gasteiger partial charge on any atom is 0.451 e. The summed E-state index contributed by atoms with van der Waals surface area (Å²) in [5.41, 5.74) is 6.33. The molecule has 0 saturated carbocycles. The zero-order valence-corrected chi connectivity index (χ0v) is 20.7. The molecule has 0 saturated heterocycles. The summed E-state index contributed by atoms with van der Waals surface area (Å²) in [5, 5.41) is 8.88. The van der Waals surface area contributed by atoms with Crippen molar-refractivity contribution < 1.29 is 41.4 Å². The van der Waals surface area contributed by atoms with Gasteiger partial charge in [-0.1, -0.05) is 30.3 Å². The number of carbonyl (C=O) groups excluding carboxylic acids is 2. The molecule has 2 amide bonds.